The van der Waals surface area contributed by atoms with Crippen LogP contribution < -0.4 is 10.1 Å². The number of benzene rings is 2. The SMILES string of the molecule is CC(Oc1cc(C(F)(F)F)cc(C(F)(F)F)c1)C(=O)Nc1cccc(S(=O)(=O)N(C)C)c1. The van der Waals surface area contributed by atoms with Gasteiger partial charge in [-0.1, -0.05) is 6.07 Å². The molecule has 0 radical (unpaired) electrons. The molecule has 32 heavy (non-hydrogen) atoms. The summed E-state index contributed by atoms with van der Waals surface area (Å²) in [5.41, 5.74) is -3.14. The van der Waals surface area contributed by atoms with Crippen LogP contribution in [0, 0.1) is 0 Å². The van der Waals surface area contributed by atoms with Crippen molar-refractivity contribution in [3.8, 4) is 5.75 Å². The van der Waals surface area contributed by atoms with Crippen LogP contribution in [0.1, 0.15) is 18.1 Å². The molecule has 0 saturated heterocycles. The summed E-state index contributed by atoms with van der Waals surface area (Å²) in [4.78, 5) is 12.2. The summed E-state index contributed by atoms with van der Waals surface area (Å²) in [6, 6.07) is 5.77. The molecule has 0 aliphatic rings. The molecule has 2 aromatic rings. The van der Waals surface area contributed by atoms with Gasteiger partial charge in [0.2, 0.25) is 10.0 Å². The maximum Gasteiger partial charge on any atom is 0.416 e. The zero-order chi connectivity index (χ0) is 24.5. The lowest BCUT2D eigenvalue weighted by Gasteiger charge is -2.18. The second kappa shape index (κ2) is 8.98. The van der Waals surface area contributed by atoms with E-state index < -0.39 is 51.3 Å². The fourth-order valence-corrected chi connectivity index (χ4v) is 3.39. The average molecular weight is 484 g/mol. The van der Waals surface area contributed by atoms with Gasteiger partial charge >= 0.3 is 12.4 Å². The van der Waals surface area contributed by atoms with Crippen molar-refractivity contribution in [2.75, 3.05) is 19.4 Å². The molecule has 176 valence electrons. The Labute approximate surface area is 179 Å². The van der Waals surface area contributed by atoms with Gasteiger partial charge in [-0.25, -0.2) is 12.7 Å². The number of rotatable bonds is 6. The predicted octanol–water partition coefficient (Wildman–Crippen LogP) is 4.38. The van der Waals surface area contributed by atoms with E-state index >= 15 is 0 Å². The van der Waals surface area contributed by atoms with Crippen LogP contribution in [0.25, 0.3) is 0 Å². The van der Waals surface area contributed by atoms with Gasteiger partial charge in [0.25, 0.3) is 5.91 Å². The number of carbonyl (C=O) groups excluding carboxylic acids is 1. The number of anilines is 1. The van der Waals surface area contributed by atoms with E-state index in [2.05, 4.69) is 5.32 Å². The Kier molecular flexibility index (Phi) is 7.15. The summed E-state index contributed by atoms with van der Waals surface area (Å²) < 4.78 is 108. The molecule has 2 rings (SSSR count). The zero-order valence-corrected chi connectivity index (χ0v) is 17.7. The van der Waals surface area contributed by atoms with Gasteiger partial charge in [0.15, 0.2) is 6.10 Å². The molecule has 2 aromatic carbocycles. The predicted molar refractivity (Wildman–Crippen MR) is 102 cm³/mol. The first-order valence-electron chi connectivity index (χ1n) is 8.81. The lowest BCUT2D eigenvalue weighted by molar-refractivity contribution is -0.143. The quantitative estimate of drug-likeness (QED) is 0.618. The Hall–Kier alpha value is -2.80. The van der Waals surface area contributed by atoms with Gasteiger partial charge in [-0.05, 0) is 43.3 Å². The topological polar surface area (TPSA) is 75.7 Å². The van der Waals surface area contributed by atoms with E-state index in [0.717, 1.165) is 17.3 Å². The van der Waals surface area contributed by atoms with E-state index in [-0.39, 0.29) is 16.6 Å². The van der Waals surface area contributed by atoms with Crippen molar-refractivity contribution in [1.82, 2.24) is 4.31 Å². The van der Waals surface area contributed by atoms with Crippen molar-refractivity contribution in [3.63, 3.8) is 0 Å². The van der Waals surface area contributed by atoms with Crippen LogP contribution in [-0.4, -0.2) is 38.8 Å². The number of halogens is 6. The van der Waals surface area contributed by atoms with E-state index in [9.17, 15) is 39.6 Å². The highest BCUT2D eigenvalue weighted by Crippen LogP contribution is 2.38. The van der Waals surface area contributed by atoms with E-state index in [4.69, 9.17) is 4.74 Å². The fourth-order valence-electron chi connectivity index (χ4n) is 2.44. The molecule has 0 spiro atoms. The average Bonchev–Trinajstić information content (AvgIpc) is 2.66. The molecule has 1 N–H and O–H groups in total. The molecule has 1 amide bonds. The molecule has 0 bridgehead atoms. The minimum atomic E-state index is -5.07. The third kappa shape index (κ3) is 6.13. The molecule has 0 aromatic heterocycles. The maximum atomic E-state index is 13.0. The van der Waals surface area contributed by atoms with Gasteiger partial charge in [0.05, 0.1) is 16.0 Å². The molecule has 0 aliphatic carbocycles. The first kappa shape index (κ1) is 25.5. The van der Waals surface area contributed by atoms with E-state index in [0.29, 0.717) is 12.1 Å². The summed E-state index contributed by atoms with van der Waals surface area (Å²) >= 11 is 0. The number of amides is 1. The molecule has 0 saturated carbocycles. The molecule has 1 atom stereocenters. The van der Waals surface area contributed by atoms with Crippen molar-refractivity contribution >= 4 is 21.6 Å². The van der Waals surface area contributed by atoms with Crippen molar-refractivity contribution in [2.24, 2.45) is 0 Å². The lowest BCUT2D eigenvalue weighted by atomic mass is 10.1. The second-order valence-corrected chi connectivity index (χ2v) is 8.96. The molecule has 1 unspecified atom stereocenters. The number of alkyl halides is 6. The first-order chi connectivity index (χ1) is 14.5. The number of hydrogen-bond donors (Lipinski definition) is 1. The first-order valence-corrected chi connectivity index (χ1v) is 10.3. The summed E-state index contributed by atoms with van der Waals surface area (Å²) in [5, 5.41) is 2.31. The van der Waals surface area contributed by atoms with Gasteiger partial charge < -0.3 is 10.1 Å². The van der Waals surface area contributed by atoms with Crippen LogP contribution in [-0.2, 0) is 27.2 Å². The van der Waals surface area contributed by atoms with Crippen LogP contribution in [0.15, 0.2) is 47.4 Å². The third-order valence-corrected chi connectivity index (χ3v) is 5.93. The lowest BCUT2D eigenvalue weighted by Crippen LogP contribution is -2.30. The van der Waals surface area contributed by atoms with Crippen LogP contribution in [0.2, 0.25) is 0 Å². The minimum absolute atomic E-state index is 0.0356. The van der Waals surface area contributed by atoms with Crippen molar-refractivity contribution in [2.45, 2.75) is 30.3 Å². The number of carbonyl (C=O) groups is 1. The molecule has 0 fully saturated rings. The highest BCUT2D eigenvalue weighted by molar-refractivity contribution is 7.89. The zero-order valence-electron chi connectivity index (χ0n) is 16.9. The smallest absolute Gasteiger partial charge is 0.416 e. The van der Waals surface area contributed by atoms with E-state index in [1.165, 1.54) is 32.3 Å². The third-order valence-electron chi connectivity index (χ3n) is 4.12. The monoisotopic (exact) mass is 484 g/mol. The molecule has 6 nitrogen and oxygen atoms in total. The Morgan fingerprint density at radius 3 is 1.97 bits per heavy atom. The summed E-state index contributed by atoms with van der Waals surface area (Å²) in [6.45, 7) is 1.11. The summed E-state index contributed by atoms with van der Waals surface area (Å²) in [6.07, 6.45) is -11.6. The number of nitrogens with one attached hydrogen (secondary N) is 1. The highest BCUT2D eigenvalue weighted by Gasteiger charge is 2.37. The molecular formula is C19H18F6N2O4S. The summed E-state index contributed by atoms with van der Waals surface area (Å²) in [5.74, 6) is -1.73. The standard InChI is InChI=1S/C19H18F6N2O4S/c1-11(17(28)26-14-5-4-6-16(10-14)32(29,30)27(2)3)31-15-8-12(18(20,21)22)7-13(9-15)19(23,24)25/h4-11H,1-3H3,(H,26,28). The van der Waals surface area contributed by atoms with Gasteiger partial charge in [0.1, 0.15) is 5.75 Å². The Morgan fingerprint density at radius 1 is 0.969 bits per heavy atom. The van der Waals surface area contributed by atoms with Crippen molar-refractivity contribution in [3.05, 3.63) is 53.6 Å². The normalized spacial score (nSPS) is 13.7. The van der Waals surface area contributed by atoms with Crippen LogP contribution >= 0.6 is 0 Å². The van der Waals surface area contributed by atoms with Gasteiger partial charge in [-0.15, -0.1) is 0 Å². The number of sulfonamides is 1. The van der Waals surface area contributed by atoms with Crippen LogP contribution in [0.5, 0.6) is 5.75 Å². The molecule has 13 heteroatoms. The van der Waals surface area contributed by atoms with E-state index in [1.807, 2.05) is 0 Å². The minimum Gasteiger partial charge on any atom is -0.481 e. The van der Waals surface area contributed by atoms with Crippen LogP contribution in [0.4, 0.5) is 32.0 Å². The van der Waals surface area contributed by atoms with Gasteiger partial charge in [0, 0.05) is 19.8 Å². The largest absolute Gasteiger partial charge is 0.481 e. The molecular weight excluding hydrogens is 466 g/mol. The number of nitrogens with zero attached hydrogens (tertiary/aromatic N) is 1. The van der Waals surface area contributed by atoms with Crippen molar-refractivity contribution in [1.29, 1.82) is 0 Å². The van der Waals surface area contributed by atoms with Gasteiger partial charge in [-0.3, -0.25) is 4.79 Å². The highest BCUT2D eigenvalue weighted by atomic mass is 32.2. The Morgan fingerprint density at radius 2 is 1.50 bits per heavy atom. The number of hydrogen-bond acceptors (Lipinski definition) is 4. The summed E-state index contributed by atoms with van der Waals surface area (Å²) in [7, 11) is -1.19. The number of ether oxygens (including phenoxy) is 1. The molecule has 0 aliphatic heterocycles. The Bertz CT molecular complexity index is 1070. The second-order valence-electron chi connectivity index (χ2n) is 6.81. The van der Waals surface area contributed by atoms with Crippen LogP contribution in [0.3, 0.4) is 0 Å². The van der Waals surface area contributed by atoms with Gasteiger partial charge in [-0.2, -0.15) is 26.3 Å². The van der Waals surface area contributed by atoms with E-state index in [1.54, 1.807) is 0 Å². The fraction of sp³-hybridized carbons (Fsp3) is 0.316. The Balaban J connectivity index is 2.25. The maximum absolute atomic E-state index is 13.0. The van der Waals surface area contributed by atoms with Crippen molar-refractivity contribution < 1.29 is 44.3 Å². The molecule has 0 heterocycles.